The summed E-state index contributed by atoms with van der Waals surface area (Å²) in [5, 5.41) is 0. The van der Waals surface area contributed by atoms with E-state index in [-0.39, 0.29) is 0 Å². The first kappa shape index (κ1) is 11.7. The van der Waals surface area contributed by atoms with Crippen LogP contribution in [0.1, 0.15) is 47.5 Å². The second-order valence-corrected chi connectivity index (χ2v) is 4.10. The van der Waals surface area contributed by atoms with Gasteiger partial charge in [-0.05, 0) is 31.1 Å². The van der Waals surface area contributed by atoms with Crippen molar-refractivity contribution in [3.63, 3.8) is 0 Å². The van der Waals surface area contributed by atoms with Crippen LogP contribution in [0.15, 0.2) is 12.2 Å². The second kappa shape index (κ2) is 6.28. The van der Waals surface area contributed by atoms with Gasteiger partial charge in [0.25, 0.3) is 0 Å². The van der Waals surface area contributed by atoms with Crippen molar-refractivity contribution >= 4 is 0 Å². The molecule has 0 aliphatic rings. The Morgan fingerprint density at radius 1 is 1.08 bits per heavy atom. The summed E-state index contributed by atoms with van der Waals surface area (Å²) < 4.78 is 0. The SMILES string of the molecule is C/C=C\C(C)CC(C)C(C)CC. The maximum Gasteiger partial charge on any atom is -0.0259 e. The molecule has 0 aromatic rings. The lowest BCUT2D eigenvalue weighted by Gasteiger charge is -2.20. The third kappa shape index (κ3) is 4.58. The van der Waals surface area contributed by atoms with E-state index < -0.39 is 0 Å². The van der Waals surface area contributed by atoms with Gasteiger partial charge in [-0.3, -0.25) is 0 Å². The third-order valence-electron chi connectivity index (χ3n) is 2.88. The highest BCUT2D eigenvalue weighted by molar-refractivity contribution is 4.84. The molecular weight excluding hydrogens is 144 g/mol. The molecule has 0 aliphatic carbocycles. The molecule has 12 heavy (non-hydrogen) atoms. The average Bonchev–Trinajstić information content (AvgIpc) is 2.03. The van der Waals surface area contributed by atoms with E-state index in [4.69, 9.17) is 0 Å². The van der Waals surface area contributed by atoms with E-state index in [2.05, 4.69) is 46.8 Å². The Bertz CT molecular complexity index is 124. The number of allylic oxidation sites excluding steroid dienone is 2. The molecule has 0 aromatic heterocycles. The summed E-state index contributed by atoms with van der Waals surface area (Å²) in [6, 6.07) is 0. The summed E-state index contributed by atoms with van der Waals surface area (Å²) >= 11 is 0. The minimum atomic E-state index is 0.749. The molecule has 0 spiro atoms. The number of hydrogen-bond acceptors (Lipinski definition) is 0. The van der Waals surface area contributed by atoms with E-state index in [0.717, 1.165) is 17.8 Å². The fourth-order valence-corrected chi connectivity index (χ4v) is 1.63. The maximum absolute atomic E-state index is 2.37. The summed E-state index contributed by atoms with van der Waals surface area (Å²) in [6.45, 7) is 11.4. The molecule has 0 bridgehead atoms. The van der Waals surface area contributed by atoms with E-state index in [9.17, 15) is 0 Å². The summed E-state index contributed by atoms with van der Waals surface area (Å²) in [6.07, 6.45) is 7.11. The van der Waals surface area contributed by atoms with Crippen LogP contribution in [0.3, 0.4) is 0 Å². The van der Waals surface area contributed by atoms with Crippen molar-refractivity contribution < 1.29 is 0 Å². The van der Waals surface area contributed by atoms with Crippen LogP contribution in [0.2, 0.25) is 0 Å². The highest BCUT2D eigenvalue weighted by Crippen LogP contribution is 2.22. The Balaban J connectivity index is 3.74. The number of rotatable bonds is 5. The Hall–Kier alpha value is -0.260. The van der Waals surface area contributed by atoms with Gasteiger partial charge in [0.2, 0.25) is 0 Å². The van der Waals surface area contributed by atoms with E-state index in [0.29, 0.717) is 0 Å². The number of hydrogen-bond donors (Lipinski definition) is 0. The van der Waals surface area contributed by atoms with Gasteiger partial charge in [0.05, 0.1) is 0 Å². The third-order valence-corrected chi connectivity index (χ3v) is 2.88. The van der Waals surface area contributed by atoms with Gasteiger partial charge < -0.3 is 0 Å². The molecular formula is C12H24. The van der Waals surface area contributed by atoms with Gasteiger partial charge in [-0.2, -0.15) is 0 Å². The summed E-state index contributed by atoms with van der Waals surface area (Å²) in [5.74, 6) is 2.48. The van der Waals surface area contributed by atoms with Crippen molar-refractivity contribution in [1.29, 1.82) is 0 Å². The molecule has 0 heteroatoms. The van der Waals surface area contributed by atoms with Crippen LogP contribution in [0.4, 0.5) is 0 Å². The predicted molar refractivity (Wildman–Crippen MR) is 57.2 cm³/mol. The molecule has 0 saturated carbocycles. The molecule has 0 heterocycles. The van der Waals surface area contributed by atoms with Crippen LogP contribution in [0.5, 0.6) is 0 Å². The van der Waals surface area contributed by atoms with Crippen molar-refractivity contribution in [2.24, 2.45) is 17.8 Å². The van der Waals surface area contributed by atoms with Crippen LogP contribution < -0.4 is 0 Å². The topological polar surface area (TPSA) is 0 Å². The zero-order valence-electron chi connectivity index (χ0n) is 9.30. The molecule has 0 aromatic carbocycles. The van der Waals surface area contributed by atoms with E-state index >= 15 is 0 Å². The van der Waals surface area contributed by atoms with Crippen LogP contribution in [0.25, 0.3) is 0 Å². The van der Waals surface area contributed by atoms with Crippen molar-refractivity contribution in [2.45, 2.75) is 47.5 Å². The van der Waals surface area contributed by atoms with E-state index in [1.165, 1.54) is 12.8 Å². The zero-order chi connectivity index (χ0) is 9.56. The Morgan fingerprint density at radius 2 is 1.67 bits per heavy atom. The molecule has 0 radical (unpaired) electrons. The van der Waals surface area contributed by atoms with Crippen molar-refractivity contribution in [1.82, 2.24) is 0 Å². The van der Waals surface area contributed by atoms with Crippen molar-refractivity contribution in [3.05, 3.63) is 12.2 Å². The lowest BCUT2D eigenvalue weighted by molar-refractivity contribution is 0.328. The highest BCUT2D eigenvalue weighted by Gasteiger charge is 2.11. The van der Waals surface area contributed by atoms with Gasteiger partial charge in [-0.15, -0.1) is 0 Å². The average molecular weight is 168 g/mol. The summed E-state index contributed by atoms with van der Waals surface area (Å²) in [5.41, 5.74) is 0. The van der Waals surface area contributed by atoms with Gasteiger partial charge in [0.1, 0.15) is 0 Å². The zero-order valence-corrected chi connectivity index (χ0v) is 9.30. The molecule has 0 nitrogen and oxygen atoms in total. The Morgan fingerprint density at radius 3 is 2.08 bits per heavy atom. The Kier molecular flexibility index (Phi) is 6.14. The van der Waals surface area contributed by atoms with Gasteiger partial charge >= 0.3 is 0 Å². The monoisotopic (exact) mass is 168 g/mol. The fraction of sp³-hybridized carbons (Fsp3) is 0.833. The smallest absolute Gasteiger partial charge is 0.0259 e. The first-order chi connectivity index (χ1) is 5.61. The molecule has 0 saturated heterocycles. The van der Waals surface area contributed by atoms with E-state index in [1.807, 2.05) is 0 Å². The maximum atomic E-state index is 2.37. The van der Waals surface area contributed by atoms with Crippen LogP contribution in [-0.2, 0) is 0 Å². The van der Waals surface area contributed by atoms with Gasteiger partial charge in [-0.25, -0.2) is 0 Å². The molecule has 0 N–H and O–H groups in total. The second-order valence-electron chi connectivity index (χ2n) is 4.10. The Labute approximate surface area is 78.1 Å². The fourth-order valence-electron chi connectivity index (χ4n) is 1.63. The first-order valence-corrected chi connectivity index (χ1v) is 5.24. The molecule has 3 atom stereocenters. The van der Waals surface area contributed by atoms with Crippen LogP contribution in [-0.4, -0.2) is 0 Å². The largest absolute Gasteiger partial charge is 0.0914 e. The van der Waals surface area contributed by atoms with Gasteiger partial charge in [0.15, 0.2) is 0 Å². The van der Waals surface area contributed by atoms with Crippen LogP contribution in [0, 0.1) is 17.8 Å². The molecule has 0 aliphatic heterocycles. The summed E-state index contributed by atoms with van der Waals surface area (Å²) in [4.78, 5) is 0. The van der Waals surface area contributed by atoms with Gasteiger partial charge in [0, 0.05) is 0 Å². The molecule has 0 rings (SSSR count). The summed E-state index contributed by atoms with van der Waals surface area (Å²) in [7, 11) is 0. The predicted octanol–water partition coefficient (Wildman–Crippen LogP) is 4.27. The van der Waals surface area contributed by atoms with E-state index in [1.54, 1.807) is 0 Å². The molecule has 72 valence electrons. The minimum absolute atomic E-state index is 0.749. The van der Waals surface area contributed by atoms with Crippen molar-refractivity contribution in [3.8, 4) is 0 Å². The van der Waals surface area contributed by atoms with Crippen LogP contribution >= 0.6 is 0 Å². The molecule has 0 fully saturated rings. The lowest BCUT2D eigenvalue weighted by atomic mass is 9.86. The highest BCUT2D eigenvalue weighted by atomic mass is 14.2. The molecule has 0 amide bonds. The van der Waals surface area contributed by atoms with Crippen molar-refractivity contribution in [2.75, 3.05) is 0 Å². The minimum Gasteiger partial charge on any atom is -0.0914 e. The molecule has 3 unspecified atom stereocenters. The quantitative estimate of drug-likeness (QED) is 0.538. The first-order valence-electron chi connectivity index (χ1n) is 5.24. The standard InChI is InChI=1S/C12H24/c1-6-8-10(3)9-12(5)11(4)7-2/h6,8,10-12H,7,9H2,1-5H3/b8-6-. The normalized spacial score (nSPS) is 19.4. The lowest BCUT2D eigenvalue weighted by Crippen LogP contribution is -2.09. The van der Waals surface area contributed by atoms with Gasteiger partial charge in [-0.1, -0.05) is 46.3 Å².